The van der Waals surface area contributed by atoms with Crippen LogP contribution in [0, 0.1) is 0 Å². The predicted octanol–water partition coefficient (Wildman–Crippen LogP) is 4.32. The number of nitrogens with zero attached hydrogens (tertiary/aromatic N) is 2. The number of carbonyl (C=O) groups is 1. The van der Waals surface area contributed by atoms with Gasteiger partial charge in [-0.05, 0) is 52.1 Å². The maximum atomic E-state index is 13.8. The van der Waals surface area contributed by atoms with Crippen LogP contribution >= 0.6 is 11.6 Å². The summed E-state index contributed by atoms with van der Waals surface area (Å²) in [6.45, 7) is 7.53. The number of unbranched alkanes of at least 4 members (excludes halogenated alkanes) is 1. The number of aryl methyl sites for hydroxylation is 1. The normalized spacial score (nSPS) is 17.4. The van der Waals surface area contributed by atoms with Crippen molar-refractivity contribution in [3.63, 3.8) is 0 Å². The number of rotatable bonds is 8. The zero-order valence-electron chi connectivity index (χ0n) is 17.2. The number of benzene rings is 1. The molecule has 6 heteroatoms. The number of ether oxygens (including phenoxy) is 1. The largest absolute Gasteiger partial charge is 0.385 e. The van der Waals surface area contributed by atoms with Crippen molar-refractivity contribution in [1.82, 2.24) is 14.8 Å². The van der Waals surface area contributed by atoms with Gasteiger partial charge in [0.05, 0.1) is 10.5 Å². The van der Waals surface area contributed by atoms with Crippen LogP contribution in [0.3, 0.4) is 0 Å². The average molecular weight is 406 g/mol. The highest BCUT2D eigenvalue weighted by Crippen LogP contribution is 2.33. The van der Waals surface area contributed by atoms with Gasteiger partial charge in [0.15, 0.2) is 0 Å². The van der Waals surface area contributed by atoms with Gasteiger partial charge in [-0.25, -0.2) is 0 Å². The van der Waals surface area contributed by atoms with Gasteiger partial charge < -0.3 is 19.5 Å². The van der Waals surface area contributed by atoms with E-state index < -0.39 is 0 Å². The molecule has 5 nitrogen and oxygen atoms in total. The van der Waals surface area contributed by atoms with Gasteiger partial charge in [0.1, 0.15) is 5.69 Å². The lowest BCUT2D eigenvalue weighted by molar-refractivity contribution is 0.0562. The lowest BCUT2D eigenvalue weighted by Crippen LogP contribution is -2.52. The van der Waals surface area contributed by atoms with Crippen LogP contribution in [0.4, 0.5) is 0 Å². The fraction of sp³-hybridized carbons (Fsp3) is 0.591. The first-order chi connectivity index (χ1) is 13.6. The third-order valence-electron chi connectivity index (χ3n) is 5.55. The van der Waals surface area contributed by atoms with Crippen LogP contribution in [-0.2, 0) is 11.3 Å². The Kier molecular flexibility index (Phi) is 7.38. The van der Waals surface area contributed by atoms with Gasteiger partial charge in [-0.3, -0.25) is 4.79 Å². The highest BCUT2D eigenvalue weighted by atomic mass is 35.5. The van der Waals surface area contributed by atoms with Gasteiger partial charge in [0.2, 0.25) is 0 Å². The summed E-state index contributed by atoms with van der Waals surface area (Å²) in [7, 11) is 1.72. The molecule has 2 heterocycles. The SMILES string of the molecule is COCCCCn1c(C(=O)N(C(C)C)[C@@H]2CCCNC2)c(Cl)c2ccccc21. The Labute approximate surface area is 173 Å². The Balaban J connectivity index is 1.99. The highest BCUT2D eigenvalue weighted by Gasteiger charge is 2.32. The van der Waals surface area contributed by atoms with E-state index >= 15 is 0 Å². The van der Waals surface area contributed by atoms with Crippen LogP contribution in [0.25, 0.3) is 10.9 Å². The number of piperidine rings is 1. The molecule has 1 aliphatic rings. The van der Waals surface area contributed by atoms with Gasteiger partial charge in [-0.15, -0.1) is 0 Å². The molecule has 1 atom stereocenters. The molecule has 1 aromatic heterocycles. The number of nitrogens with one attached hydrogen (secondary N) is 1. The minimum atomic E-state index is 0.0386. The molecule has 3 rings (SSSR count). The number of hydrogen-bond donors (Lipinski definition) is 1. The smallest absolute Gasteiger partial charge is 0.272 e. The molecule has 28 heavy (non-hydrogen) atoms. The molecular formula is C22H32ClN3O2. The summed E-state index contributed by atoms with van der Waals surface area (Å²) < 4.78 is 7.29. The van der Waals surface area contributed by atoms with Crippen molar-refractivity contribution in [1.29, 1.82) is 0 Å². The molecule has 1 aliphatic heterocycles. The molecule has 1 saturated heterocycles. The van der Waals surface area contributed by atoms with Crippen molar-refractivity contribution in [3.05, 3.63) is 35.0 Å². The lowest BCUT2D eigenvalue weighted by atomic mass is 10.0. The summed E-state index contributed by atoms with van der Waals surface area (Å²) in [4.78, 5) is 15.8. The van der Waals surface area contributed by atoms with Crippen molar-refractivity contribution in [2.45, 2.75) is 58.2 Å². The number of carbonyl (C=O) groups excluding carboxylic acids is 1. The van der Waals surface area contributed by atoms with E-state index in [2.05, 4.69) is 29.8 Å². The Morgan fingerprint density at radius 1 is 1.36 bits per heavy atom. The van der Waals surface area contributed by atoms with Crippen molar-refractivity contribution in [2.75, 3.05) is 26.8 Å². The third kappa shape index (κ3) is 4.37. The van der Waals surface area contributed by atoms with E-state index in [0.717, 1.165) is 62.8 Å². The van der Waals surface area contributed by atoms with Gasteiger partial charge in [-0.2, -0.15) is 0 Å². The summed E-state index contributed by atoms with van der Waals surface area (Å²) >= 11 is 6.78. The molecule has 0 aliphatic carbocycles. The molecule has 1 amide bonds. The minimum Gasteiger partial charge on any atom is -0.385 e. The maximum absolute atomic E-state index is 13.8. The predicted molar refractivity (Wildman–Crippen MR) is 115 cm³/mol. The van der Waals surface area contributed by atoms with Crippen LogP contribution in [0.15, 0.2) is 24.3 Å². The van der Waals surface area contributed by atoms with E-state index in [1.165, 1.54) is 0 Å². The molecule has 0 radical (unpaired) electrons. The van der Waals surface area contributed by atoms with Crippen molar-refractivity contribution >= 4 is 28.4 Å². The number of methoxy groups -OCH3 is 1. The summed E-state index contributed by atoms with van der Waals surface area (Å²) in [5, 5.41) is 4.95. The molecule has 154 valence electrons. The van der Waals surface area contributed by atoms with Crippen molar-refractivity contribution in [2.24, 2.45) is 0 Å². The van der Waals surface area contributed by atoms with Crippen LogP contribution in [0.5, 0.6) is 0 Å². The Bertz CT molecular complexity index is 796. The van der Waals surface area contributed by atoms with Crippen LogP contribution in [-0.4, -0.2) is 54.3 Å². The quantitative estimate of drug-likeness (QED) is 0.665. The molecule has 0 unspecified atom stereocenters. The van der Waals surface area contributed by atoms with Crippen molar-refractivity contribution in [3.8, 4) is 0 Å². The van der Waals surface area contributed by atoms with Crippen LogP contribution < -0.4 is 5.32 Å². The fourth-order valence-corrected chi connectivity index (χ4v) is 4.58. The van der Waals surface area contributed by atoms with Crippen molar-refractivity contribution < 1.29 is 9.53 Å². The monoisotopic (exact) mass is 405 g/mol. The van der Waals surface area contributed by atoms with Gasteiger partial charge >= 0.3 is 0 Å². The molecule has 0 saturated carbocycles. The highest BCUT2D eigenvalue weighted by molar-refractivity contribution is 6.38. The first-order valence-corrected chi connectivity index (χ1v) is 10.7. The Morgan fingerprint density at radius 3 is 2.82 bits per heavy atom. The van der Waals surface area contributed by atoms with Gasteiger partial charge in [0, 0.05) is 44.3 Å². The topological polar surface area (TPSA) is 46.5 Å². The number of fused-ring (bicyclic) bond motifs is 1. The number of halogens is 1. The minimum absolute atomic E-state index is 0.0386. The zero-order chi connectivity index (χ0) is 20.1. The third-order valence-corrected chi connectivity index (χ3v) is 5.93. The summed E-state index contributed by atoms with van der Waals surface area (Å²) in [6, 6.07) is 8.36. The number of amides is 1. The number of para-hydroxylation sites is 1. The first kappa shape index (κ1) is 21.2. The van der Waals surface area contributed by atoms with Crippen LogP contribution in [0.2, 0.25) is 5.02 Å². The van der Waals surface area contributed by atoms with Gasteiger partial charge in [-0.1, -0.05) is 29.8 Å². The van der Waals surface area contributed by atoms with E-state index in [4.69, 9.17) is 16.3 Å². The molecule has 1 N–H and O–H groups in total. The second kappa shape index (κ2) is 9.77. The van der Waals surface area contributed by atoms with Gasteiger partial charge in [0.25, 0.3) is 5.91 Å². The first-order valence-electron chi connectivity index (χ1n) is 10.3. The molecular weight excluding hydrogens is 374 g/mol. The number of hydrogen-bond acceptors (Lipinski definition) is 3. The molecule has 0 bridgehead atoms. The second-order valence-electron chi connectivity index (χ2n) is 7.84. The van der Waals surface area contributed by atoms with E-state index in [1.807, 2.05) is 23.1 Å². The van der Waals surface area contributed by atoms with Crippen LogP contribution in [0.1, 0.15) is 50.0 Å². The second-order valence-corrected chi connectivity index (χ2v) is 8.22. The van der Waals surface area contributed by atoms with E-state index in [0.29, 0.717) is 10.7 Å². The summed E-state index contributed by atoms with van der Waals surface area (Å²) in [5.41, 5.74) is 1.65. The molecule has 1 fully saturated rings. The number of aromatic nitrogens is 1. The Hall–Kier alpha value is -1.56. The summed E-state index contributed by atoms with van der Waals surface area (Å²) in [6.07, 6.45) is 4.02. The summed E-state index contributed by atoms with van der Waals surface area (Å²) in [5.74, 6) is 0.0386. The Morgan fingerprint density at radius 2 is 2.14 bits per heavy atom. The lowest BCUT2D eigenvalue weighted by Gasteiger charge is -2.38. The fourth-order valence-electron chi connectivity index (χ4n) is 4.23. The average Bonchev–Trinajstić information content (AvgIpc) is 2.98. The molecule has 0 spiro atoms. The van der Waals surface area contributed by atoms with E-state index in [1.54, 1.807) is 7.11 Å². The zero-order valence-corrected chi connectivity index (χ0v) is 18.0. The van der Waals surface area contributed by atoms with E-state index in [9.17, 15) is 4.79 Å². The maximum Gasteiger partial charge on any atom is 0.272 e. The molecule has 1 aromatic carbocycles. The standard InChI is InChI=1S/C22H32ClN3O2/c1-16(2)26(17-9-8-12-24-15-17)22(27)21-20(23)18-10-4-5-11-19(18)25(21)13-6-7-14-28-3/h4-5,10-11,16-17,24H,6-9,12-15H2,1-3H3/t17-/m1/s1. The molecule has 2 aromatic rings. The van der Waals surface area contributed by atoms with E-state index in [-0.39, 0.29) is 18.0 Å².